The molecular weight excluding hydrogens is 466 g/mol. The fourth-order valence-corrected chi connectivity index (χ4v) is 4.82. The summed E-state index contributed by atoms with van der Waals surface area (Å²) in [6, 6.07) is 19.8. The molecule has 0 saturated carbocycles. The van der Waals surface area contributed by atoms with E-state index in [9.17, 15) is 4.79 Å². The molecule has 34 heavy (non-hydrogen) atoms. The van der Waals surface area contributed by atoms with Gasteiger partial charge in [-0.1, -0.05) is 36.4 Å². The fourth-order valence-electron chi connectivity index (χ4n) is 3.79. The monoisotopic (exact) mass is 493 g/mol. The van der Waals surface area contributed by atoms with Gasteiger partial charge in [-0.05, 0) is 48.3 Å². The minimum Gasteiger partial charge on any atom is -0.493 e. The number of pyridine rings is 1. The summed E-state index contributed by atoms with van der Waals surface area (Å²) in [6.45, 7) is 3.05. The number of benzene rings is 2. The first kappa shape index (κ1) is 23.8. The van der Waals surface area contributed by atoms with Crippen molar-refractivity contribution < 1.29 is 9.47 Å². The number of nitrogens with zero attached hydrogens (tertiary/aromatic N) is 1. The van der Waals surface area contributed by atoms with Gasteiger partial charge in [-0.2, -0.15) is 0 Å². The number of aromatic nitrogens is 1. The second-order valence-electron chi connectivity index (χ2n) is 7.94. The lowest BCUT2D eigenvalue weighted by Crippen LogP contribution is -2.40. The predicted molar refractivity (Wildman–Crippen MR) is 142 cm³/mol. The summed E-state index contributed by atoms with van der Waals surface area (Å²) >= 11 is 7.47. The molecule has 0 spiro atoms. The summed E-state index contributed by atoms with van der Waals surface area (Å²) in [7, 11) is 3.17. The molecule has 1 atom stereocenters. The molecule has 0 aliphatic heterocycles. The molecule has 8 heteroatoms. The lowest BCUT2D eigenvalue weighted by molar-refractivity contribution is 0.355. The van der Waals surface area contributed by atoms with E-state index in [2.05, 4.69) is 35.4 Å². The molecule has 2 aromatic heterocycles. The topological polar surface area (TPSA) is 66.6 Å². The van der Waals surface area contributed by atoms with Crippen LogP contribution in [0.15, 0.2) is 70.8 Å². The number of hydrogen-bond donors (Lipinski definition) is 2. The minimum absolute atomic E-state index is 0.0335. The predicted octanol–water partition coefficient (Wildman–Crippen LogP) is 5.24. The summed E-state index contributed by atoms with van der Waals surface area (Å²) in [5.74, 6) is 1.18. The Kier molecular flexibility index (Phi) is 7.49. The average Bonchev–Trinajstić information content (AvgIpc) is 3.37. The molecule has 0 aliphatic carbocycles. The van der Waals surface area contributed by atoms with Crippen LogP contribution in [0.3, 0.4) is 0 Å². The Balaban J connectivity index is 1.63. The Morgan fingerprint density at radius 3 is 2.47 bits per heavy atom. The highest BCUT2D eigenvalue weighted by atomic mass is 32.1. The average molecular weight is 494 g/mol. The van der Waals surface area contributed by atoms with Crippen molar-refractivity contribution in [1.82, 2.24) is 15.2 Å². The van der Waals surface area contributed by atoms with Gasteiger partial charge in [0.1, 0.15) is 0 Å². The summed E-state index contributed by atoms with van der Waals surface area (Å²) in [6.07, 6.45) is 0. The smallest absolute Gasteiger partial charge is 0.253 e. The number of hydrogen-bond acceptors (Lipinski definition) is 5. The van der Waals surface area contributed by atoms with E-state index >= 15 is 0 Å². The van der Waals surface area contributed by atoms with Crippen LogP contribution in [0.25, 0.3) is 10.9 Å². The molecule has 2 aromatic carbocycles. The van der Waals surface area contributed by atoms with Crippen LogP contribution in [0, 0.1) is 0 Å². The van der Waals surface area contributed by atoms with Gasteiger partial charge in [0.2, 0.25) is 0 Å². The molecule has 0 saturated heterocycles. The van der Waals surface area contributed by atoms with Crippen LogP contribution in [-0.2, 0) is 13.1 Å². The van der Waals surface area contributed by atoms with Gasteiger partial charge in [0, 0.05) is 21.9 Å². The van der Waals surface area contributed by atoms with Gasteiger partial charge in [0.25, 0.3) is 5.56 Å². The summed E-state index contributed by atoms with van der Waals surface area (Å²) < 4.78 is 10.8. The molecule has 0 unspecified atom stereocenters. The summed E-state index contributed by atoms with van der Waals surface area (Å²) in [5.41, 5.74) is 2.29. The highest BCUT2D eigenvalue weighted by Crippen LogP contribution is 2.31. The van der Waals surface area contributed by atoms with Crippen LogP contribution in [0.4, 0.5) is 0 Å². The highest BCUT2D eigenvalue weighted by molar-refractivity contribution is 7.80. The van der Waals surface area contributed by atoms with E-state index in [1.807, 2.05) is 46.7 Å². The quantitative estimate of drug-likeness (QED) is 0.327. The molecule has 0 radical (unpaired) electrons. The number of aromatic amines is 1. The number of thiophene rings is 1. The molecular formula is C26H27N3O3S2. The third kappa shape index (κ3) is 5.40. The van der Waals surface area contributed by atoms with Gasteiger partial charge in [-0.25, -0.2) is 0 Å². The number of ether oxygens (including phenoxy) is 2. The zero-order chi connectivity index (χ0) is 24.1. The van der Waals surface area contributed by atoms with Crippen molar-refractivity contribution in [2.24, 2.45) is 0 Å². The molecule has 0 fully saturated rings. The second-order valence-corrected chi connectivity index (χ2v) is 9.35. The van der Waals surface area contributed by atoms with Crippen LogP contribution < -0.4 is 20.3 Å². The number of nitrogens with one attached hydrogen (secondary N) is 2. The summed E-state index contributed by atoms with van der Waals surface area (Å²) in [4.78, 5) is 19.1. The molecule has 4 aromatic rings. The van der Waals surface area contributed by atoms with Gasteiger partial charge in [0.15, 0.2) is 16.6 Å². The van der Waals surface area contributed by atoms with E-state index in [1.165, 1.54) is 4.88 Å². The van der Waals surface area contributed by atoms with Crippen molar-refractivity contribution in [3.05, 3.63) is 92.4 Å². The largest absolute Gasteiger partial charge is 0.493 e. The number of H-pyrrole nitrogens is 1. The molecule has 6 nitrogen and oxygen atoms in total. The maximum atomic E-state index is 13.0. The Morgan fingerprint density at radius 1 is 1.06 bits per heavy atom. The molecule has 176 valence electrons. The van der Waals surface area contributed by atoms with E-state index in [4.69, 9.17) is 21.7 Å². The first-order chi connectivity index (χ1) is 16.5. The molecule has 4 rings (SSSR count). The van der Waals surface area contributed by atoms with E-state index in [-0.39, 0.29) is 11.6 Å². The second kappa shape index (κ2) is 10.7. The fraction of sp³-hybridized carbons (Fsp3) is 0.231. The van der Waals surface area contributed by atoms with Crippen LogP contribution in [0.1, 0.15) is 29.0 Å². The van der Waals surface area contributed by atoms with E-state index in [0.29, 0.717) is 40.8 Å². The minimum atomic E-state index is -0.158. The molecule has 2 N–H and O–H groups in total. The number of rotatable bonds is 8. The van der Waals surface area contributed by atoms with Crippen molar-refractivity contribution in [3.63, 3.8) is 0 Å². The SMILES string of the molecule is COc1cc2cc(CN(Cc3cccs3)C(=S)N[C@@H](C)c3ccccc3)c(=O)[nH]c2cc1OC. The third-order valence-electron chi connectivity index (χ3n) is 5.64. The Bertz CT molecular complexity index is 1320. The third-order valence-corrected chi connectivity index (χ3v) is 6.88. The van der Waals surface area contributed by atoms with Gasteiger partial charge < -0.3 is 24.7 Å². The molecule has 2 heterocycles. The number of methoxy groups -OCH3 is 2. The van der Waals surface area contributed by atoms with Crippen molar-refractivity contribution in [2.45, 2.75) is 26.1 Å². The zero-order valence-electron chi connectivity index (χ0n) is 19.3. The van der Waals surface area contributed by atoms with Crippen molar-refractivity contribution in [2.75, 3.05) is 14.2 Å². The van der Waals surface area contributed by atoms with Crippen molar-refractivity contribution >= 4 is 39.6 Å². The highest BCUT2D eigenvalue weighted by Gasteiger charge is 2.17. The van der Waals surface area contributed by atoms with Crippen LogP contribution in [0.2, 0.25) is 0 Å². The van der Waals surface area contributed by atoms with Crippen LogP contribution in [0.5, 0.6) is 11.5 Å². The van der Waals surface area contributed by atoms with Crippen molar-refractivity contribution in [1.29, 1.82) is 0 Å². The summed E-state index contributed by atoms with van der Waals surface area (Å²) in [5, 5.41) is 6.93. The first-order valence-corrected chi connectivity index (χ1v) is 12.2. The molecule has 0 aliphatic rings. The Morgan fingerprint density at radius 2 is 1.79 bits per heavy atom. The standard InChI is InChI=1S/C26H27N3O3S2/c1-17(18-8-5-4-6-9-18)27-26(33)29(16-21-10-7-11-34-21)15-20-12-19-13-23(31-2)24(32-3)14-22(19)28-25(20)30/h4-14,17H,15-16H2,1-3H3,(H,27,33)(H,28,30)/t17-/m0/s1. The Labute approximate surface area is 208 Å². The lowest BCUT2D eigenvalue weighted by Gasteiger charge is -2.28. The van der Waals surface area contributed by atoms with Gasteiger partial charge in [-0.15, -0.1) is 11.3 Å². The maximum Gasteiger partial charge on any atom is 0.253 e. The Hall–Kier alpha value is -3.36. The van der Waals surface area contributed by atoms with Gasteiger partial charge in [0.05, 0.1) is 38.9 Å². The van der Waals surface area contributed by atoms with Gasteiger partial charge >= 0.3 is 0 Å². The van der Waals surface area contributed by atoms with E-state index in [0.717, 1.165) is 10.9 Å². The first-order valence-electron chi connectivity index (χ1n) is 10.9. The zero-order valence-corrected chi connectivity index (χ0v) is 21.0. The number of thiocarbonyl (C=S) groups is 1. The van der Waals surface area contributed by atoms with Crippen LogP contribution in [-0.4, -0.2) is 29.2 Å². The molecule has 0 amide bonds. The van der Waals surface area contributed by atoms with Gasteiger partial charge in [-0.3, -0.25) is 4.79 Å². The molecule has 0 bridgehead atoms. The normalized spacial score (nSPS) is 11.7. The van der Waals surface area contributed by atoms with E-state index < -0.39 is 0 Å². The number of fused-ring (bicyclic) bond motifs is 1. The lowest BCUT2D eigenvalue weighted by atomic mass is 10.1. The van der Waals surface area contributed by atoms with E-state index in [1.54, 1.807) is 31.6 Å². The van der Waals surface area contributed by atoms with Crippen molar-refractivity contribution in [3.8, 4) is 11.5 Å². The maximum absolute atomic E-state index is 13.0. The van der Waals surface area contributed by atoms with Crippen LogP contribution >= 0.6 is 23.6 Å².